The summed E-state index contributed by atoms with van der Waals surface area (Å²) in [6, 6.07) is 6.31. The van der Waals surface area contributed by atoms with Crippen molar-refractivity contribution in [2.75, 3.05) is 39.8 Å². The zero-order valence-corrected chi connectivity index (χ0v) is 19.3. The fourth-order valence-electron chi connectivity index (χ4n) is 4.97. The summed E-state index contributed by atoms with van der Waals surface area (Å²) in [5.41, 5.74) is -0.639. The van der Waals surface area contributed by atoms with Crippen LogP contribution < -0.4 is 10.1 Å². The summed E-state index contributed by atoms with van der Waals surface area (Å²) in [4.78, 5) is 56.3. The maximum Gasteiger partial charge on any atom is 0.325 e. The predicted molar refractivity (Wildman–Crippen MR) is 120 cm³/mol. The van der Waals surface area contributed by atoms with Gasteiger partial charge >= 0.3 is 6.03 Å². The topological polar surface area (TPSA) is 99.3 Å². The van der Waals surface area contributed by atoms with E-state index in [1.54, 1.807) is 43.2 Å². The average molecular weight is 457 g/mol. The quantitative estimate of drug-likeness (QED) is 0.680. The highest BCUT2D eigenvalue weighted by Gasteiger charge is 2.50. The number of imide groups is 1. The molecule has 9 heteroatoms. The Kier molecular flexibility index (Phi) is 6.58. The zero-order valence-electron chi connectivity index (χ0n) is 19.3. The van der Waals surface area contributed by atoms with Gasteiger partial charge in [-0.15, -0.1) is 0 Å². The lowest BCUT2D eigenvalue weighted by molar-refractivity contribution is -0.144. The molecular formula is C24H32N4O5. The lowest BCUT2D eigenvalue weighted by Gasteiger charge is -2.36. The molecule has 0 radical (unpaired) electrons. The SMILES string of the molecule is COc1ccc([C@]2(C)NC(=O)N(CC(=O)N3CCC[C@H](C(=O)N4CCCCC4)C3)C2=O)cc1. The highest BCUT2D eigenvalue weighted by Crippen LogP contribution is 2.30. The normalized spacial score (nSPS) is 25.8. The zero-order chi connectivity index (χ0) is 23.6. The smallest absolute Gasteiger partial charge is 0.325 e. The van der Waals surface area contributed by atoms with Crippen LogP contribution in [0.5, 0.6) is 5.75 Å². The van der Waals surface area contributed by atoms with Crippen LogP contribution in [0.2, 0.25) is 0 Å². The first-order chi connectivity index (χ1) is 15.8. The van der Waals surface area contributed by atoms with E-state index >= 15 is 0 Å². The van der Waals surface area contributed by atoms with E-state index in [1.807, 2.05) is 4.90 Å². The molecule has 3 heterocycles. The van der Waals surface area contributed by atoms with Crippen LogP contribution in [0.4, 0.5) is 4.79 Å². The van der Waals surface area contributed by atoms with Gasteiger partial charge in [0, 0.05) is 26.2 Å². The van der Waals surface area contributed by atoms with E-state index in [9.17, 15) is 19.2 Å². The minimum Gasteiger partial charge on any atom is -0.497 e. The molecule has 1 aromatic rings. The molecule has 0 spiro atoms. The molecule has 9 nitrogen and oxygen atoms in total. The third-order valence-corrected chi connectivity index (χ3v) is 7.03. The number of nitrogens with zero attached hydrogens (tertiary/aromatic N) is 3. The van der Waals surface area contributed by atoms with Gasteiger partial charge in [0.1, 0.15) is 17.8 Å². The van der Waals surface area contributed by atoms with Crippen molar-refractivity contribution in [3.63, 3.8) is 0 Å². The van der Waals surface area contributed by atoms with Crippen molar-refractivity contribution >= 4 is 23.8 Å². The summed E-state index contributed by atoms with van der Waals surface area (Å²) in [7, 11) is 1.55. The number of nitrogens with one attached hydrogen (secondary N) is 1. The van der Waals surface area contributed by atoms with E-state index < -0.39 is 17.5 Å². The number of benzene rings is 1. The highest BCUT2D eigenvalue weighted by atomic mass is 16.5. The lowest BCUT2D eigenvalue weighted by Crippen LogP contribution is -2.50. The number of ether oxygens (including phenoxy) is 1. The summed E-state index contributed by atoms with van der Waals surface area (Å²) >= 11 is 0. The van der Waals surface area contributed by atoms with Gasteiger partial charge in [-0.1, -0.05) is 12.1 Å². The number of carbonyl (C=O) groups excluding carboxylic acids is 4. The maximum atomic E-state index is 13.2. The third kappa shape index (κ3) is 4.54. The van der Waals surface area contributed by atoms with Gasteiger partial charge < -0.3 is 19.9 Å². The van der Waals surface area contributed by atoms with Crippen LogP contribution in [0.15, 0.2) is 24.3 Å². The van der Waals surface area contributed by atoms with Gasteiger partial charge in [-0.2, -0.15) is 0 Å². The van der Waals surface area contributed by atoms with Gasteiger partial charge in [-0.25, -0.2) is 4.79 Å². The van der Waals surface area contributed by atoms with E-state index in [0.29, 0.717) is 24.4 Å². The number of hydrogen-bond acceptors (Lipinski definition) is 5. The van der Waals surface area contributed by atoms with Gasteiger partial charge in [0.25, 0.3) is 5.91 Å². The Morgan fingerprint density at radius 2 is 1.70 bits per heavy atom. The second kappa shape index (κ2) is 9.41. The van der Waals surface area contributed by atoms with Crippen molar-refractivity contribution < 1.29 is 23.9 Å². The Morgan fingerprint density at radius 3 is 2.36 bits per heavy atom. The molecule has 3 saturated heterocycles. The Labute approximate surface area is 194 Å². The van der Waals surface area contributed by atoms with E-state index in [4.69, 9.17) is 4.74 Å². The molecule has 1 N–H and O–H groups in total. The van der Waals surface area contributed by atoms with Crippen molar-refractivity contribution in [1.29, 1.82) is 0 Å². The predicted octanol–water partition coefficient (Wildman–Crippen LogP) is 1.71. The first-order valence-corrected chi connectivity index (χ1v) is 11.7. The minimum absolute atomic E-state index is 0.120. The number of carbonyl (C=O) groups is 4. The summed E-state index contributed by atoms with van der Waals surface area (Å²) in [5.74, 6) is -0.231. The number of amides is 5. The van der Waals surface area contributed by atoms with E-state index in [1.165, 1.54) is 0 Å². The molecule has 3 aliphatic heterocycles. The molecule has 33 heavy (non-hydrogen) atoms. The van der Waals surface area contributed by atoms with Crippen LogP contribution in [-0.2, 0) is 19.9 Å². The van der Waals surface area contributed by atoms with Gasteiger partial charge in [0.05, 0.1) is 13.0 Å². The first kappa shape index (κ1) is 23.1. The molecule has 3 fully saturated rings. The van der Waals surface area contributed by atoms with Crippen LogP contribution in [0.25, 0.3) is 0 Å². The molecular weight excluding hydrogens is 424 g/mol. The first-order valence-electron chi connectivity index (χ1n) is 11.7. The minimum atomic E-state index is -1.25. The molecule has 3 aliphatic rings. The number of methoxy groups -OCH3 is 1. The van der Waals surface area contributed by atoms with E-state index in [-0.39, 0.29) is 24.3 Å². The number of piperidine rings is 2. The standard InChI is InChI=1S/C24H32N4O5/c1-24(18-8-10-19(33-2)11-9-18)22(31)28(23(32)25-24)16-20(29)27-14-6-7-17(15-27)21(30)26-12-4-3-5-13-26/h8-11,17H,3-7,12-16H2,1-2H3,(H,25,32)/t17-,24-/m0/s1. The lowest BCUT2D eigenvalue weighted by atomic mass is 9.92. The van der Waals surface area contributed by atoms with Gasteiger partial charge in [-0.05, 0) is 56.7 Å². The van der Waals surface area contributed by atoms with Crippen LogP contribution >= 0.6 is 0 Å². The van der Waals surface area contributed by atoms with Crippen molar-refractivity contribution in [3.8, 4) is 5.75 Å². The molecule has 0 bridgehead atoms. The number of rotatable bonds is 5. The highest BCUT2D eigenvalue weighted by molar-refractivity contribution is 6.09. The molecule has 4 rings (SSSR count). The largest absolute Gasteiger partial charge is 0.497 e. The third-order valence-electron chi connectivity index (χ3n) is 7.03. The second-order valence-electron chi connectivity index (χ2n) is 9.24. The van der Waals surface area contributed by atoms with Crippen LogP contribution in [0.3, 0.4) is 0 Å². The monoisotopic (exact) mass is 456 g/mol. The van der Waals surface area contributed by atoms with Crippen molar-refractivity contribution in [1.82, 2.24) is 20.0 Å². The van der Waals surface area contributed by atoms with Crippen LogP contribution in [0, 0.1) is 5.92 Å². The molecule has 5 amide bonds. The molecule has 0 saturated carbocycles. The average Bonchev–Trinajstić information content (AvgIpc) is 3.08. The Hall–Kier alpha value is -3.10. The van der Waals surface area contributed by atoms with Gasteiger partial charge in [0.15, 0.2) is 0 Å². The van der Waals surface area contributed by atoms with Crippen molar-refractivity contribution in [2.24, 2.45) is 5.92 Å². The fraction of sp³-hybridized carbons (Fsp3) is 0.583. The molecule has 0 unspecified atom stereocenters. The summed E-state index contributed by atoms with van der Waals surface area (Å²) in [5, 5.41) is 2.73. The Bertz CT molecular complexity index is 927. The maximum absolute atomic E-state index is 13.2. The van der Waals surface area contributed by atoms with Crippen molar-refractivity contribution in [2.45, 2.75) is 44.6 Å². The molecule has 2 atom stereocenters. The van der Waals surface area contributed by atoms with Gasteiger partial charge in [-0.3, -0.25) is 19.3 Å². The van der Waals surface area contributed by atoms with E-state index in [0.717, 1.165) is 50.1 Å². The fourth-order valence-corrected chi connectivity index (χ4v) is 4.97. The number of hydrogen-bond donors (Lipinski definition) is 1. The molecule has 0 aliphatic carbocycles. The number of likely N-dealkylation sites (tertiary alicyclic amines) is 2. The summed E-state index contributed by atoms with van der Waals surface area (Å²) in [6.45, 7) is 3.75. The Morgan fingerprint density at radius 1 is 1.03 bits per heavy atom. The number of urea groups is 1. The summed E-state index contributed by atoms with van der Waals surface area (Å²) in [6.07, 6.45) is 4.71. The van der Waals surface area contributed by atoms with E-state index in [2.05, 4.69) is 5.32 Å². The van der Waals surface area contributed by atoms with Crippen LogP contribution in [-0.4, -0.2) is 78.3 Å². The molecule has 178 valence electrons. The molecule has 0 aromatic heterocycles. The summed E-state index contributed by atoms with van der Waals surface area (Å²) < 4.78 is 5.16. The second-order valence-corrected chi connectivity index (χ2v) is 9.24. The molecule has 1 aromatic carbocycles. The van der Waals surface area contributed by atoms with Crippen LogP contribution in [0.1, 0.15) is 44.6 Å². The Balaban J connectivity index is 1.40. The van der Waals surface area contributed by atoms with Crippen molar-refractivity contribution in [3.05, 3.63) is 29.8 Å². The van der Waals surface area contributed by atoms with Gasteiger partial charge in [0.2, 0.25) is 11.8 Å².